The Labute approximate surface area is 94.8 Å². The van der Waals surface area contributed by atoms with E-state index in [1.165, 1.54) is 25.4 Å². The molecule has 6 heteroatoms. The van der Waals surface area contributed by atoms with Crippen LogP contribution in [0.4, 0.5) is 4.39 Å². The lowest BCUT2D eigenvalue weighted by atomic mass is 10.1. The second-order valence-corrected chi connectivity index (χ2v) is 3.75. The van der Waals surface area contributed by atoms with Gasteiger partial charge in [0.05, 0.1) is 13.3 Å². The van der Waals surface area contributed by atoms with Crippen LogP contribution in [0.15, 0.2) is 24.4 Å². The van der Waals surface area contributed by atoms with Gasteiger partial charge in [-0.3, -0.25) is 4.79 Å². The summed E-state index contributed by atoms with van der Waals surface area (Å²) in [5.41, 5.74) is 0.254. The van der Waals surface area contributed by atoms with Crippen molar-refractivity contribution in [3.05, 3.63) is 40.7 Å². The molecule has 16 heavy (non-hydrogen) atoms. The molecule has 1 heterocycles. The predicted molar refractivity (Wildman–Crippen MR) is 56.3 cm³/mol. The van der Waals surface area contributed by atoms with Crippen LogP contribution in [0.2, 0.25) is 0 Å². The number of methoxy groups -OCH3 is 1. The van der Waals surface area contributed by atoms with Crippen molar-refractivity contribution in [1.29, 1.82) is 0 Å². The average Bonchev–Trinajstić information content (AvgIpc) is 2.81. The first-order valence-electron chi connectivity index (χ1n) is 4.38. The van der Waals surface area contributed by atoms with Gasteiger partial charge in [0, 0.05) is 5.56 Å². The van der Waals surface area contributed by atoms with E-state index < -0.39 is 5.82 Å². The van der Waals surface area contributed by atoms with Crippen LogP contribution in [0.1, 0.15) is 15.2 Å². The largest absolute Gasteiger partial charge is 0.494 e. The molecule has 0 amide bonds. The lowest BCUT2D eigenvalue weighted by Gasteiger charge is -2.02. The summed E-state index contributed by atoms with van der Waals surface area (Å²) >= 11 is 0.977. The van der Waals surface area contributed by atoms with Crippen LogP contribution in [0.3, 0.4) is 0 Å². The van der Waals surface area contributed by atoms with Crippen LogP contribution < -0.4 is 4.74 Å². The van der Waals surface area contributed by atoms with Gasteiger partial charge in [-0.2, -0.15) is 0 Å². The fourth-order valence-electron chi connectivity index (χ4n) is 1.22. The fourth-order valence-corrected chi connectivity index (χ4v) is 1.69. The third kappa shape index (κ3) is 1.92. The van der Waals surface area contributed by atoms with Gasteiger partial charge < -0.3 is 4.74 Å². The van der Waals surface area contributed by atoms with Crippen LogP contribution in [0.5, 0.6) is 5.75 Å². The molecular weight excluding hydrogens is 231 g/mol. The Kier molecular flexibility index (Phi) is 2.91. The van der Waals surface area contributed by atoms with Crippen molar-refractivity contribution in [1.82, 2.24) is 9.59 Å². The van der Waals surface area contributed by atoms with E-state index >= 15 is 0 Å². The number of carbonyl (C=O) groups is 1. The summed E-state index contributed by atoms with van der Waals surface area (Å²) in [6.45, 7) is 0. The third-order valence-electron chi connectivity index (χ3n) is 2.00. The van der Waals surface area contributed by atoms with E-state index in [2.05, 4.69) is 9.59 Å². The molecule has 2 rings (SSSR count). The Hall–Kier alpha value is -1.82. The number of hydrogen-bond donors (Lipinski definition) is 0. The van der Waals surface area contributed by atoms with E-state index in [0.717, 1.165) is 17.6 Å². The zero-order chi connectivity index (χ0) is 11.5. The fraction of sp³-hybridized carbons (Fsp3) is 0.100. The average molecular weight is 238 g/mol. The van der Waals surface area contributed by atoms with E-state index in [0.29, 0.717) is 4.88 Å². The Morgan fingerprint density at radius 1 is 1.50 bits per heavy atom. The summed E-state index contributed by atoms with van der Waals surface area (Å²) in [6, 6.07) is 4.06. The van der Waals surface area contributed by atoms with Crippen molar-refractivity contribution in [2.75, 3.05) is 7.11 Å². The Balaban J connectivity index is 2.35. The molecule has 82 valence electrons. The van der Waals surface area contributed by atoms with Gasteiger partial charge in [-0.05, 0) is 29.7 Å². The highest BCUT2D eigenvalue weighted by Gasteiger charge is 2.13. The monoisotopic (exact) mass is 238 g/mol. The van der Waals surface area contributed by atoms with Crippen LogP contribution in [-0.4, -0.2) is 22.5 Å². The van der Waals surface area contributed by atoms with Gasteiger partial charge in [-0.25, -0.2) is 4.39 Å². The molecule has 0 N–H and O–H groups in total. The minimum Gasteiger partial charge on any atom is -0.494 e. The minimum absolute atomic E-state index is 0.110. The molecule has 0 saturated carbocycles. The summed E-state index contributed by atoms with van der Waals surface area (Å²) in [5, 5.41) is 3.55. The van der Waals surface area contributed by atoms with Crippen molar-refractivity contribution in [2.24, 2.45) is 0 Å². The third-order valence-corrected chi connectivity index (χ3v) is 2.66. The molecule has 0 bridgehead atoms. The van der Waals surface area contributed by atoms with Gasteiger partial charge in [-0.15, -0.1) is 5.10 Å². The zero-order valence-corrected chi connectivity index (χ0v) is 9.12. The summed E-state index contributed by atoms with van der Waals surface area (Å²) in [6.07, 6.45) is 1.36. The number of halogens is 1. The second-order valence-electron chi connectivity index (χ2n) is 2.96. The van der Waals surface area contributed by atoms with E-state index in [4.69, 9.17) is 4.74 Å². The summed E-state index contributed by atoms with van der Waals surface area (Å²) in [5.74, 6) is -0.749. The number of ketones is 1. The molecule has 4 nitrogen and oxygen atoms in total. The molecule has 0 atom stereocenters. The SMILES string of the molecule is COc1ccc(C(=O)c2cnns2)cc1F. The van der Waals surface area contributed by atoms with Crippen molar-refractivity contribution in [3.63, 3.8) is 0 Å². The van der Waals surface area contributed by atoms with E-state index in [9.17, 15) is 9.18 Å². The Morgan fingerprint density at radius 3 is 2.88 bits per heavy atom. The highest BCUT2D eigenvalue weighted by Crippen LogP contribution is 2.20. The van der Waals surface area contributed by atoms with Crippen molar-refractivity contribution >= 4 is 17.3 Å². The van der Waals surface area contributed by atoms with Crippen molar-refractivity contribution < 1.29 is 13.9 Å². The van der Waals surface area contributed by atoms with Crippen LogP contribution >= 0.6 is 11.5 Å². The van der Waals surface area contributed by atoms with E-state index in [-0.39, 0.29) is 17.1 Å². The summed E-state index contributed by atoms with van der Waals surface area (Å²) < 4.78 is 21.7. The molecule has 0 aliphatic heterocycles. The first kappa shape index (κ1) is 10.7. The number of carbonyl (C=O) groups excluding carboxylic acids is 1. The normalized spacial score (nSPS) is 10.1. The molecule has 1 aromatic carbocycles. The molecule has 0 unspecified atom stereocenters. The Morgan fingerprint density at radius 2 is 2.31 bits per heavy atom. The maximum Gasteiger partial charge on any atom is 0.206 e. The number of benzene rings is 1. The quantitative estimate of drug-likeness (QED) is 0.766. The van der Waals surface area contributed by atoms with Gasteiger partial charge in [0.2, 0.25) is 5.78 Å². The first-order valence-corrected chi connectivity index (χ1v) is 5.15. The molecule has 2 aromatic rings. The topological polar surface area (TPSA) is 52.1 Å². The standard InChI is InChI=1S/C10H7FN2O2S/c1-15-8-3-2-6(4-7(8)11)10(14)9-5-12-13-16-9/h2-5H,1H3. The molecule has 0 radical (unpaired) electrons. The number of hydrogen-bond acceptors (Lipinski definition) is 5. The van der Waals surface area contributed by atoms with Crippen LogP contribution in [0, 0.1) is 5.82 Å². The van der Waals surface area contributed by atoms with Gasteiger partial charge in [0.25, 0.3) is 0 Å². The molecule has 0 aliphatic carbocycles. The number of ether oxygens (including phenoxy) is 1. The number of aromatic nitrogens is 2. The lowest BCUT2D eigenvalue weighted by Crippen LogP contribution is -2.00. The predicted octanol–water partition coefficient (Wildman–Crippen LogP) is 1.92. The highest BCUT2D eigenvalue weighted by molar-refractivity contribution is 7.08. The summed E-state index contributed by atoms with van der Waals surface area (Å²) in [7, 11) is 1.37. The zero-order valence-electron chi connectivity index (χ0n) is 8.31. The molecular formula is C10H7FN2O2S. The molecule has 0 fully saturated rings. The minimum atomic E-state index is -0.564. The molecule has 1 aromatic heterocycles. The highest BCUT2D eigenvalue weighted by atomic mass is 32.1. The summed E-state index contributed by atoms with van der Waals surface area (Å²) in [4.78, 5) is 12.2. The first-order chi connectivity index (χ1) is 7.72. The molecule has 0 spiro atoms. The number of nitrogens with zero attached hydrogens (tertiary/aromatic N) is 2. The van der Waals surface area contributed by atoms with Gasteiger partial charge in [0.15, 0.2) is 11.6 Å². The number of rotatable bonds is 3. The maximum atomic E-state index is 13.3. The lowest BCUT2D eigenvalue weighted by molar-refractivity contribution is 0.104. The van der Waals surface area contributed by atoms with Gasteiger partial charge >= 0.3 is 0 Å². The van der Waals surface area contributed by atoms with Gasteiger partial charge in [-0.1, -0.05) is 4.49 Å². The molecule has 0 aliphatic rings. The second kappa shape index (κ2) is 4.36. The van der Waals surface area contributed by atoms with E-state index in [1.54, 1.807) is 0 Å². The van der Waals surface area contributed by atoms with Crippen LogP contribution in [0.25, 0.3) is 0 Å². The maximum absolute atomic E-state index is 13.3. The van der Waals surface area contributed by atoms with Crippen LogP contribution in [-0.2, 0) is 0 Å². The van der Waals surface area contributed by atoms with Crippen molar-refractivity contribution in [3.8, 4) is 5.75 Å². The van der Waals surface area contributed by atoms with Crippen molar-refractivity contribution in [2.45, 2.75) is 0 Å². The van der Waals surface area contributed by atoms with Gasteiger partial charge in [0.1, 0.15) is 4.88 Å². The Bertz CT molecular complexity index is 514. The molecule has 0 saturated heterocycles. The van der Waals surface area contributed by atoms with E-state index in [1.807, 2.05) is 0 Å². The smallest absolute Gasteiger partial charge is 0.206 e.